The average Bonchev–Trinajstić information content (AvgIpc) is 3.28. The molecule has 0 radical (unpaired) electrons. The third kappa shape index (κ3) is 3.77. The Morgan fingerprint density at radius 3 is 2.30 bits per heavy atom. The fraction of sp³-hybridized carbons (Fsp3) is 0.333. The molecule has 1 aliphatic rings. The van der Waals surface area contributed by atoms with Crippen LogP contribution < -0.4 is 5.46 Å². The molecule has 5 nitrogen and oxygen atoms in total. The molecule has 0 atom stereocenters. The van der Waals surface area contributed by atoms with Gasteiger partial charge in [-0.05, 0) is 69.6 Å². The predicted octanol–water partition coefficient (Wildman–Crippen LogP) is 5.51. The molecule has 168 valence electrons. The lowest BCUT2D eigenvalue weighted by Crippen LogP contribution is -2.41. The number of rotatable bonds is 4. The van der Waals surface area contributed by atoms with Gasteiger partial charge in [-0.25, -0.2) is 4.98 Å². The van der Waals surface area contributed by atoms with Crippen molar-refractivity contribution in [3.05, 3.63) is 72.7 Å². The first-order valence-corrected chi connectivity index (χ1v) is 11.6. The van der Waals surface area contributed by atoms with Crippen molar-refractivity contribution in [1.82, 2.24) is 14.5 Å². The molecule has 5 rings (SSSR count). The molecular weight excluding hydrogens is 409 g/mol. The molecule has 4 aromatic rings. The second-order valence-corrected chi connectivity index (χ2v) is 10.1. The maximum atomic E-state index is 6.31. The van der Waals surface area contributed by atoms with Gasteiger partial charge in [-0.15, -0.1) is 0 Å². The normalized spacial score (nSPS) is 17.2. The van der Waals surface area contributed by atoms with E-state index >= 15 is 0 Å². The number of aromatic nitrogens is 3. The summed E-state index contributed by atoms with van der Waals surface area (Å²) in [5, 5.41) is 0. The first-order valence-electron chi connectivity index (χ1n) is 11.6. The van der Waals surface area contributed by atoms with Crippen LogP contribution >= 0.6 is 0 Å². The number of fused-ring (bicyclic) bond motifs is 1. The van der Waals surface area contributed by atoms with Crippen molar-refractivity contribution >= 4 is 23.6 Å². The summed E-state index contributed by atoms with van der Waals surface area (Å²) in [5.74, 6) is 1.28. The minimum atomic E-state index is -0.406. The highest BCUT2D eigenvalue weighted by Gasteiger charge is 2.51. The van der Waals surface area contributed by atoms with Crippen LogP contribution in [0.25, 0.3) is 28.0 Å². The first-order chi connectivity index (χ1) is 15.7. The van der Waals surface area contributed by atoms with Crippen LogP contribution in [0, 0.1) is 0 Å². The van der Waals surface area contributed by atoms with Crippen molar-refractivity contribution in [2.24, 2.45) is 0 Å². The lowest BCUT2D eigenvalue weighted by Gasteiger charge is -2.32. The quantitative estimate of drug-likeness (QED) is 0.394. The van der Waals surface area contributed by atoms with Gasteiger partial charge in [-0.3, -0.25) is 9.55 Å². The van der Waals surface area contributed by atoms with Gasteiger partial charge in [0.15, 0.2) is 0 Å². The van der Waals surface area contributed by atoms with Crippen molar-refractivity contribution in [3.8, 4) is 16.9 Å². The Morgan fingerprint density at radius 2 is 1.64 bits per heavy atom. The van der Waals surface area contributed by atoms with E-state index < -0.39 is 7.12 Å². The zero-order chi connectivity index (χ0) is 23.4. The predicted molar refractivity (Wildman–Crippen MR) is 134 cm³/mol. The maximum Gasteiger partial charge on any atom is 0.494 e. The molecular formula is C27H30BN3O2. The minimum absolute atomic E-state index is 0.260. The van der Waals surface area contributed by atoms with E-state index in [9.17, 15) is 0 Å². The van der Waals surface area contributed by atoms with Gasteiger partial charge in [0.1, 0.15) is 5.82 Å². The molecule has 1 fully saturated rings. The van der Waals surface area contributed by atoms with Crippen LogP contribution in [0.4, 0.5) is 0 Å². The Labute approximate surface area is 195 Å². The molecule has 2 aromatic heterocycles. The lowest BCUT2D eigenvalue weighted by atomic mass is 9.79. The molecule has 0 aliphatic carbocycles. The third-order valence-corrected chi connectivity index (χ3v) is 6.81. The van der Waals surface area contributed by atoms with Crippen molar-refractivity contribution in [2.75, 3.05) is 0 Å². The molecule has 6 heteroatoms. The van der Waals surface area contributed by atoms with Crippen molar-refractivity contribution < 1.29 is 9.31 Å². The molecule has 0 saturated carbocycles. The van der Waals surface area contributed by atoms with Crippen molar-refractivity contribution in [3.63, 3.8) is 0 Å². The molecule has 3 heterocycles. The molecule has 1 saturated heterocycles. The monoisotopic (exact) mass is 439 g/mol. The van der Waals surface area contributed by atoms with Crippen molar-refractivity contribution in [2.45, 2.75) is 58.7 Å². The highest BCUT2D eigenvalue weighted by Crippen LogP contribution is 2.37. The molecule has 0 spiro atoms. The van der Waals surface area contributed by atoms with E-state index in [1.807, 2.05) is 24.4 Å². The van der Waals surface area contributed by atoms with Crippen LogP contribution in [0.2, 0.25) is 0 Å². The van der Waals surface area contributed by atoms with E-state index in [4.69, 9.17) is 14.3 Å². The highest BCUT2D eigenvalue weighted by molar-refractivity contribution is 6.62. The fourth-order valence-corrected chi connectivity index (χ4v) is 4.24. The van der Waals surface area contributed by atoms with Crippen LogP contribution in [0.15, 0.2) is 66.9 Å². The smallest absolute Gasteiger partial charge is 0.399 e. The molecule has 0 N–H and O–H groups in total. The number of pyridine rings is 1. The zero-order valence-corrected chi connectivity index (χ0v) is 20.2. The average molecular weight is 439 g/mol. The summed E-state index contributed by atoms with van der Waals surface area (Å²) in [6.45, 7) is 12.7. The number of hydrogen-bond donors (Lipinski definition) is 0. The fourth-order valence-electron chi connectivity index (χ4n) is 4.24. The minimum Gasteiger partial charge on any atom is -0.399 e. The van der Waals surface area contributed by atoms with Crippen LogP contribution in [0.3, 0.4) is 0 Å². The van der Waals surface area contributed by atoms with Crippen LogP contribution in [-0.4, -0.2) is 32.9 Å². The molecule has 2 aromatic carbocycles. The lowest BCUT2D eigenvalue weighted by molar-refractivity contribution is 0.00578. The van der Waals surface area contributed by atoms with Gasteiger partial charge in [0.05, 0.1) is 27.9 Å². The van der Waals surface area contributed by atoms with Crippen LogP contribution in [0.1, 0.15) is 53.3 Å². The van der Waals surface area contributed by atoms with E-state index in [1.165, 1.54) is 0 Å². The molecule has 1 aliphatic heterocycles. The standard InChI is InChI=1S/C27H30BN3O2/c1-18(2)25-30-23-14-13-19(22-12-7-8-15-29-22)16-24(23)31(25)21-11-9-10-20(17-21)28-32-26(3,4)27(5,6)33-28/h7-18H,1-6H3. The Morgan fingerprint density at radius 1 is 0.879 bits per heavy atom. The Balaban J connectivity index is 1.64. The summed E-state index contributed by atoms with van der Waals surface area (Å²) in [6, 6.07) is 20.7. The Kier molecular flexibility index (Phi) is 5.18. The summed E-state index contributed by atoms with van der Waals surface area (Å²) >= 11 is 0. The summed E-state index contributed by atoms with van der Waals surface area (Å²) in [5.41, 5.74) is 5.35. The second-order valence-electron chi connectivity index (χ2n) is 10.1. The van der Waals surface area contributed by atoms with Gasteiger partial charge in [0.25, 0.3) is 0 Å². The van der Waals surface area contributed by atoms with E-state index in [2.05, 4.69) is 93.6 Å². The second kappa shape index (κ2) is 7.82. The van der Waals surface area contributed by atoms with Gasteiger partial charge in [-0.1, -0.05) is 38.1 Å². The SMILES string of the molecule is CC(C)c1nc2ccc(-c3ccccn3)cc2n1-c1cccc(B2OC(C)(C)C(C)(C)O2)c1. The summed E-state index contributed by atoms with van der Waals surface area (Å²) in [6.07, 6.45) is 1.82. The topological polar surface area (TPSA) is 49.2 Å². The molecule has 0 amide bonds. The summed E-state index contributed by atoms with van der Waals surface area (Å²) < 4.78 is 14.9. The van der Waals surface area contributed by atoms with Crippen LogP contribution in [0.5, 0.6) is 0 Å². The summed E-state index contributed by atoms with van der Waals surface area (Å²) in [4.78, 5) is 9.51. The Hall–Kier alpha value is -2.96. The van der Waals surface area contributed by atoms with Gasteiger partial charge in [0.2, 0.25) is 0 Å². The number of hydrogen-bond acceptors (Lipinski definition) is 4. The molecule has 0 bridgehead atoms. The molecule has 0 unspecified atom stereocenters. The maximum absolute atomic E-state index is 6.31. The first kappa shape index (κ1) is 21.9. The Bertz CT molecular complexity index is 1300. The van der Waals surface area contributed by atoms with Crippen molar-refractivity contribution in [1.29, 1.82) is 0 Å². The third-order valence-electron chi connectivity index (χ3n) is 6.81. The molecule has 33 heavy (non-hydrogen) atoms. The number of nitrogens with zero attached hydrogens (tertiary/aromatic N) is 3. The van der Waals surface area contributed by atoms with E-state index in [-0.39, 0.29) is 17.1 Å². The van der Waals surface area contributed by atoms with E-state index in [0.717, 1.165) is 39.3 Å². The van der Waals surface area contributed by atoms with Gasteiger partial charge >= 0.3 is 7.12 Å². The highest BCUT2D eigenvalue weighted by atomic mass is 16.7. The zero-order valence-electron chi connectivity index (χ0n) is 20.2. The van der Waals surface area contributed by atoms with Gasteiger partial charge in [-0.2, -0.15) is 0 Å². The number of benzene rings is 2. The van der Waals surface area contributed by atoms with Crippen LogP contribution in [-0.2, 0) is 9.31 Å². The van der Waals surface area contributed by atoms with Gasteiger partial charge < -0.3 is 9.31 Å². The van der Waals surface area contributed by atoms with Gasteiger partial charge in [0, 0.05) is 23.4 Å². The van der Waals surface area contributed by atoms with E-state index in [1.54, 1.807) is 0 Å². The van der Waals surface area contributed by atoms with E-state index in [0.29, 0.717) is 0 Å². The summed E-state index contributed by atoms with van der Waals surface area (Å²) in [7, 11) is -0.406. The number of imidazole rings is 1. The largest absolute Gasteiger partial charge is 0.494 e.